The summed E-state index contributed by atoms with van der Waals surface area (Å²) >= 11 is 7.13. The van der Waals surface area contributed by atoms with E-state index in [1.165, 1.54) is 22.0 Å². The van der Waals surface area contributed by atoms with Crippen molar-refractivity contribution in [3.05, 3.63) is 90.3 Å². The standard InChI is InChI=1S/C19H14ClNO2S/c1-21-18(12-16(22)14-7-9-15(20)10-8-14)24-17(19(21)23)11-13-5-3-2-4-6-13/h2-12H,1H3/b17-11+,18-12-. The van der Waals surface area contributed by atoms with Gasteiger partial charge in [-0.1, -0.05) is 41.9 Å². The number of Topliss-reactive ketones (excluding diaryl/α,β-unsaturated/α-hetero) is 1. The van der Waals surface area contributed by atoms with E-state index in [1.54, 1.807) is 31.3 Å². The molecule has 0 atom stereocenters. The Bertz CT molecular complexity index is 1050. The molecule has 0 N–H and O–H groups in total. The Morgan fingerprint density at radius 3 is 2.42 bits per heavy atom. The van der Waals surface area contributed by atoms with Crippen molar-refractivity contribution in [1.29, 1.82) is 0 Å². The predicted octanol–water partition coefficient (Wildman–Crippen LogP) is 2.59. The molecule has 0 fully saturated rings. The van der Waals surface area contributed by atoms with Gasteiger partial charge in [0, 0.05) is 23.7 Å². The van der Waals surface area contributed by atoms with Crippen LogP contribution in [0.1, 0.15) is 15.9 Å². The second kappa shape index (κ2) is 6.99. The zero-order chi connectivity index (χ0) is 17.1. The number of rotatable bonds is 3. The van der Waals surface area contributed by atoms with Gasteiger partial charge in [-0.05, 0) is 35.9 Å². The second-order valence-electron chi connectivity index (χ2n) is 5.24. The predicted molar refractivity (Wildman–Crippen MR) is 99.1 cm³/mol. The summed E-state index contributed by atoms with van der Waals surface area (Å²) in [5.41, 5.74) is 1.37. The van der Waals surface area contributed by atoms with Crippen molar-refractivity contribution in [2.75, 3.05) is 0 Å². The summed E-state index contributed by atoms with van der Waals surface area (Å²) in [6.45, 7) is 0. The van der Waals surface area contributed by atoms with Crippen LogP contribution < -0.4 is 14.8 Å². The molecule has 120 valence electrons. The van der Waals surface area contributed by atoms with E-state index in [0.29, 0.717) is 19.8 Å². The maximum absolute atomic E-state index is 12.3. The third kappa shape index (κ3) is 3.55. The number of benzene rings is 2. The van der Waals surface area contributed by atoms with Crippen LogP contribution in [-0.4, -0.2) is 10.4 Å². The smallest absolute Gasteiger partial charge is 0.268 e. The zero-order valence-electron chi connectivity index (χ0n) is 12.9. The Kier molecular flexibility index (Phi) is 4.79. The monoisotopic (exact) mass is 355 g/mol. The topological polar surface area (TPSA) is 39.1 Å². The minimum absolute atomic E-state index is 0.112. The summed E-state index contributed by atoms with van der Waals surface area (Å²) in [6, 6.07) is 16.3. The lowest BCUT2D eigenvalue weighted by atomic mass is 10.1. The lowest BCUT2D eigenvalue weighted by Gasteiger charge is -1.95. The van der Waals surface area contributed by atoms with Crippen LogP contribution in [0.25, 0.3) is 12.2 Å². The van der Waals surface area contributed by atoms with E-state index in [4.69, 9.17) is 11.6 Å². The van der Waals surface area contributed by atoms with Crippen molar-refractivity contribution in [3.63, 3.8) is 0 Å². The van der Waals surface area contributed by atoms with Crippen molar-refractivity contribution in [2.45, 2.75) is 0 Å². The maximum Gasteiger partial charge on any atom is 0.268 e. The fraction of sp³-hybridized carbons (Fsp3) is 0.0526. The van der Waals surface area contributed by atoms with Gasteiger partial charge in [-0.15, -0.1) is 11.3 Å². The highest BCUT2D eigenvalue weighted by atomic mass is 35.5. The van der Waals surface area contributed by atoms with Crippen LogP contribution in [0, 0.1) is 0 Å². The molecule has 3 aromatic rings. The van der Waals surface area contributed by atoms with Gasteiger partial charge >= 0.3 is 0 Å². The summed E-state index contributed by atoms with van der Waals surface area (Å²) in [7, 11) is 1.67. The van der Waals surface area contributed by atoms with Crippen LogP contribution in [-0.2, 0) is 7.05 Å². The molecule has 0 saturated heterocycles. The molecule has 0 spiro atoms. The molecule has 0 radical (unpaired) electrons. The number of thiazole rings is 1. The zero-order valence-corrected chi connectivity index (χ0v) is 14.5. The van der Waals surface area contributed by atoms with E-state index >= 15 is 0 Å². The van der Waals surface area contributed by atoms with Crippen LogP contribution in [0.4, 0.5) is 0 Å². The highest BCUT2D eigenvalue weighted by Gasteiger charge is 2.05. The Hall–Kier alpha value is -2.43. The molecule has 0 bridgehead atoms. The van der Waals surface area contributed by atoms with E-state index in [2.05, 4.69) is 0 Å². The third-order valence-corrected chi connectivity index (χ3v) is 4.91. The van der Waals surface area contributed by atoms with Gasteiger partial charge in [0.2, 0.25) is 0 Å². The molecule has 0 saturated carbocycles. The summed E-state index contributed by atoms with van der Waals surface area (Å²) < 4.78 is 2.70. The van der Waals surface area contributed by atoms with Crippen molar-refractivity contribution in [1.82, 2.24) is 4.57 Å². The Labute approximate surface area is 147 Å². The van der Waals surface area contributed by atoms with Gasteiger partial charge in [0.1, 0.15) is 4.66 Å². The number of nitrogens with zero attached hydrogens (tertiary/aromatic N) is 1. The second-order valence-corrected chi connectivity index (χ2v) is 6.74. The van der Waals surface area contributed by atoms with E-state index in [-0.39, 0.29) is 11.3 Å². The fourth-order valence-corrected chi connectivity index (χ4v) is 3.37. The van der Waals surface area contributed by atoms with Crippen molar-refractivity contribution in [3.8, 4) is 0 Å². The van der Waals surface area contributed by atoms with Gasteiger partial charge in [0.25, 0.3) is 5.56 Å². The highest BCUT2D eigenvalue weighted by Crippen LogP contribution is 2.10. The van der Waals surface area contributed by atoms with Crippen molar-refractivity contribution >= 4 is 40.9 Å². The first-order valence-corrected chi connectivity index (χ1v) is 8.48. The molecule has 1 heterocycles. The van der Waals surface area contributed by atoms with Gasteiger partial charge in [0.05, 0.1) is 4.53 Å². The van der Waals surface area contributed by atoms with Crippen LogP contribution >= 0.6 is 22.9 Å². The molecule has 0 aliphatic carbocycles. The first-order chi connectivity index (χ1) is 11.5. The quantitative estimate of drug-likeness (QED) is 0.677. The van der Waals surface area contributed by atoms with Gasteiger partial charge in [-0.3, -0.25) is 9.59 Å². The number of carbonyl (C=O) groups excluding carboxylic acids is 1. The van der Waals surface area contributed by atoms with Crippen LogP contribution in [0.5, 0.6) is 0 Å². The van der Waals surface area contributed by atoms with Gasteiger partial charge < -0.3 is 4.57 Å². The number of hydrogen-bond acceptors (Lipinski definition) is 3. The number of hydrogen-bond donors (Lipinski definition) is 0. The molecule has 0 amide bonds. The number of carbonyl (C=O) groups is 1. The summed E-state index contributed by atoms with van der Waals surface area (Å²) in [6.07, 6.45) is 3.31. The normalized spacial score (nSPS) is 12.6. The van der Waals surface area contributed by atoms with Crippen molar-refractivity contribution in [2.24, 2.45) is 7.05 Å². The van der Waals surface area contributed by atoms with E-state index in [9.17, 15) is 9.59 Å². The van der Waals surface area contributed by atoms with E-state index in [0.717, 1.165) is 5.56 Å². The molecular weight excluding hydrogens is 342 g/mol. The minimum Gasteiger partial charge on any atom is -0.302 e. The van der Waals surface area contributed by atoms with E-state index in [1.807, 2.05) is 36.4 Å². The molecule has 3 rings (SSSR count). The van der Waals surface area contributed by atoms with Crippen LogP contribution in [0.2, 0.25) is 5.02 Å². The SMILES string of the molecule is Cn1c(=O)/c(=C\c2ccccc2)s/c1=C\C(=O)c1ccc(Cl)cc1. The average molecular weight is 356 g/mol. The lowest BCUT2D eigenvalue weighted by Crippen LogP contribution is -2.29. The summed E-state index contributed by atoms with van der Waals surface area (Å²) in [5, 5.41) is 0.579. The molecule has 0 aliphatic rings. The molecule has 0 unspecified atom stereocenters. The fourth-order valence-electron chi connectivity index (χ4n) is 2.22. The molecule has 2 aromatic carbocycles. The van der Waals surface area contributed by atoms with Crippen molar-refractivity contribution < 1.29 is 4.79 Å². The molecule has 1 aromatic heterocycles. The Balaban J connectivity index is 2.05. The molecule has 3 nitrogen and oxygen atoms in total. The maximum atomic E-state index is 12.3. The summed E-state index contributed by atoms with van der Waals surface area (Å²) in [5.74, 6) is -0.158. The highest BCUT2D eigenvalue weighted by molar-refractivity contribution is 7.07. The molecule has 5 heteroatoms. The number of halogens is 1. The molecular formula is C19H14ClNO2S. The van der Waals surface area contributed by atoms with Crippen LogP contribution in [0.15, 0.2) is 59.4 Å². The van der Waals surface area contributed by atoms with Gasteiger partial charge in [-0.2, -0.15) is 0 Å². The lowest BCUT2D eigenvalue weighted by molar-refractivity contribution is 0.106. The number of ketones is 1. The first-order valence-electron chi connectivity index (χ1n) is 7.29. The largest absolute Gasteiger partial charge is 0.302 e. The van der Waals surface area contributed by atoms with Gasteiger partial charge in [-0.25, -0.2) is 0 Å². The molecule has 0 aliphatic heterocycles. The van der Waals surface area contributed by atoms with Gasteiger partial charge in [0.15, 0.2) is 5.78 Å². The number of aromatic nitrogens is 1. The summed E-state index contributed by atoms with van der Waals surface area (Å²) in [4.78, 5) is 24.7. The first kappa shape index (κ1) is 16.4. The Morgan fingerprint density at radius 1 is 1.08 bits per heavy atom. The third-order valence-electron chi connectivity index (χ3n) is 3.54. The van der Waals surface area contributed by atoms with E-state index < -0.39 is 0 Å². The molecule has 24 heavy (non-hydrogen) atoms. The van der Waals surface area contributed by atoms with Crippen LogP contribution in [0.3, 0.4) is 0 Å². The average Bonchev–Trinajstić information content (AvgIpc) is 2.84. The minimum atomic E-state index is -0.158. The Morgan fingerprint density at radius 2 is 1.75 bits per heavy atom.